The Hall–Kier alpha value is -8.48. The fraction of sp³-hybridized carbons (Fsp3) is 0.0345. The van der Waals surface area contributed by atoms with Gasteiger partial charge in [-0.25, -0.2) is 9.98 Å². The van der Waals surface area contributed by atoms with E-state index >= 15 is 0 Å². The number of fused-ring (bicyclic) bond motifs is 9. The molecule has 4 heterocycles. The maximum absolute atomic E-state index is 6.67. The summed E-state index contributed by atoms with van der Waals surface area (Å²) in [5.41, 5.74) is 15.0. The molecule has 6 heteroatoms. The second-order valence-electron chi connectivity index (χ2n) is 16.7. The Bertz CT molecular complexity index is 3790. The van der Waals surface area contributed by atoms with E-state index < -0.39 is 0 Å². The summed E-state index contributed by atoms with van der Waals surface area (Å²) in [6.45, 7) is 4.42. The Morgan fingerprint density at radius 1 is 0.516 bits per heavy atom. The second kappa shape index (κ2) is 14.3. The predicted octanol–water partition coefficient (Wildman–Crippen LogP) is 13.9. The van der Waals surface area contributed by atoms with Crippen LogP contribution in [0, 0.1) is 0 Å². The Balaban J connectivity index is 0.947. The number of hydrogen-bond acceptors (Lipinski definition) is 4. The molecule has 0 saturated heterocycles. The first-order valence-electron chi connectivity index (χ1n) is 21.7. The summed E-state index contributed by atoms with van der Waals surface area (Å²) < 4.78 is 11.4. The summed E-state index contributed by atoms with van der Waals surface area (Å²) in [7, 11) is 0. The van der Waals surface area contributed by atoms with E-state index in [1.807, 2.05) is 36.4 Å². The SMILES string of the molecule is C=C1C=C(C2=NC(c3ccccc3)NC(c3ccccc3)=N2)c2c(oc3ccc(-n4c5ccccc5c5cc(-c6ccc7c(c6)c6ccccc6n7-c6ccccc6)ccc54)cc23)C1. The molecule has 1 unspecified atom stereocenters. The van der Waals surface area contributed by atoms with Gasteiger partial charge in [-0.2, -0.15) is 0 Å². The molecule has 3 aromatic heterocycles. The molecule has 0 fully saturated rings. The number of aliphatic imine (C=N–C) groups is 2. The van der Waals surface area contributed by atoms with Crippen LogP contribution in [0.1, 0.15) is 28.6 Å². The van der Waals surface area contributed by atoms with Crippen LogP contribution in [0.3, 0.4) is 0 Å². The lowest BCUT2D eigenvalue weighted by molar-refractivity contribution is 0.560. The van der Waals surface area contributed by atoms with Crippen LogP contribution in [-0.4, -0.2) is 20.8 Å². The summed E-state index contributed by atoms with van der Waals surface area (Å²) in [6.07, 6.45) is 2.43. The zero-order valence-corrected chi connectivity index (χ0v) is 34.7. The summed E-state index contributed by atoms with van der Waals surface area (Å²) in [6, 6.07) is 69.0. The van der Waals surface area contributed by atoms with Gasteiger partial charge in [-0.15, -0.1) is 0 Å². The number of hydrogen-bond donors (Lipinski definition) is 1. The quantitative estimate of drug-likeness (QED) is 0.182. The third-order valence-corrected chi connectivity index (χ3v) is 12.8. The maximum Gasteiger partial charge on any atom is 0.160 e. The number of nitrogens with zero attached hydrogens (tertiary/aromatic N) is 4. The molecule has 1 N–H and O–H groups in total. The smallest absolute Gasteiger partial charge is 0.160 e. The van der Waals surface area contributed by atoms with E-state index in [4.69, 9.17) is 14.4 Å². The van der Waals surface area contributed by atoms with Crippen molar-refractivity contribution in [2.75, 3.05) is 0 Å². The van der Waals surface area contributed by atoms with Crippen LogP contribution < -0.4 is 5.32 Å². The lowest BCUT2D eigenvalue weighted by atomic mass is 9.91. The van der Waals surface area contributed by atoms with Crippen molar-refractivity contribution in [3.8, 4) is 22.5 Å². The van der Waals surface area contributed by atoms with E-state index in [1.165, 1.54) is 43.7 Å². The molecule has 11 aromatic rings. The van der Waals surface area contributed by atoms with Crippen molar-refractivity contribution in [2.45, 2.75) is 12.6 Å². The minimum absolute atomic E-state index is 0.323. The van der Waals surface area contributed by atoms with E-state index in [-0.39, 0.29) is 6.17 Å². The van der Waals surface area contributed by atoms with Crippen LogP contribution in [0.5, 0.6) is 0 Å². The zero-order chi connectivity index (χ0) is 42.3. The highest BCUT2D eigenvalue weighted by molar-refractivity contribution is 6.30. The average molecular weight is 822 g/mol. The second-order valence-corrected chi connectivity index (χ2v) is 16.7. The number of para-hydroxylation sites is 3. The lowest BCUT2D eigenvalue weighted by Gasteiger charge is -2.25. The van der Waals surface area contributed by atoms with Gasteiger partial charge in [0.1, 0.15) is 23.3 Å². The van der Waals surface area contributed by atoms with Gasteiger partial charge in [-0.1, -0.05) is 134 Å². The van der Waals surface area contributed by atoms with Gasteiger partial charge < -0.3 is 18.9 Å². The minimum Gasteiger partial charge on any atom is -0.460 e. The molecule has 0 saturated carbocycles. The third kappa shape index (κ3) is 5.73. The first kappa shape index (κ1) is 36.2. The third-order valence-electron chi connectivity index (χ3n) is 12.8. The van der Waals surface area contributed by atoms with Gasteiger partial charge >= 0.3 is 0 Å². The van der Waals surface area contributed by atoms with Gasteiger partial charge in [0.2, 0.25) is 0 Å². The number of furan rings is 1. The highest BCUT2D eigenvalue weighted by Crippen LogP contribution is 2.42. The Morgan fingerprint density at radius 3 is 1.77 bits per heavy atom. The van der Waals surface area contributed by atoms with Gasteiger partial charge in [0.05, 0.1) is 22.1 Å². The van der Waals surface area contributed by atoms with E-state index in [0.29, 0.717) is 12.3 Å². The monoisotopic (exact) mass is 821 g/mol. The number of aromatic nitrogens is 2. The summed E-state index contributed by atoms with van der Waals surface area (Å²) >= 11 is 0. The van der Waals surface area contributed by atoms with E-state index in [0.717, 1.165) is 72.8 Å². The van der Waals surface area contributed by atoms with Crippen molar-refractivity contribution in [3.05, 3.63) is 235 Å². The van der Waals surface area contributed by atoms with Gasteiger partial charge in [0.25, 0.3) is 0 Å². The number of benzene rings is 8. The Labute approximate surface area is 369 Å². The van der Waals surface area contributed by atoms with Crippen molar-refractivity contribution in [1.29, 1.82) is 0 Å². The molecule has 0 amide bonds. The molecule has 64 heavy (non-hydrogen) atoms. The van der Waals surface area contributed by atoms with Crippen molar-refractivity contribution >= 4 is 71.8 Å². The average Bonchev–Trinajstić information content (AvgIpc) is 4.01. The van der Waals surface area contributed by atoms with Crippen molar-refractivity contribution < 1.29 is 4.42 Å². The first-order chi connectivity index (χ1) is 31.6. The van der Waals surface area contributed by atoms with Gasteiger partial charge in [-0.3, -0.25) is 0 Å². The molecule has 0 bridgehead atoms. The van der Waals surface area contributed by atoms with Crippen LogP contribution >= 0.6 is 0 Å². The molecule has 1 aliphatic heterocycles. The molecular formula is C58H39N5O. The fourth-order valence-electron chi connectivity index (χ4n) is 9.96. The number of amidine groups is 2. The van der Waals surface area contributed by atoms with Crippen LogP contribution in [0.15, 0.2) is 227 Å². The molecule has 1 atom stereocenters. The summed E-state index contributed by atoms with van der Waals surface area (Å²) in [5.74, 6) is 2.29. The number of allylic oxidation sites excluding steroid dienone is 2. The normalized spacial score (nSPS) is 15.1. The van der Waals surface area contributed by atoms with Crippen LogP contribution in [0.2, 0.25) is 0 Å². The molecule has 0 radical (unpaired) electrons. The molecule has 1 aliphatic carbocycles. The molecular weight excluding hydrogens is 783 g/mol. The molecule has 8 aromatic carbocycles. The fourth-order valence-corrected chi connectivity index (χ4v) is 9.96. The standard InChI is InChI=1S/C58H39N5O/c1-36-31-48(58-60-56(37-15-5-2-6-16-37)59-57(61-58)38-17-7-3-8-18-38)55-47-35-42(27-30-53(47)64-54(55)32-36)63-50-24-14-12-22-44(50)46-34-40(26-29-52(46)63)39-25-28-51-45(33-39)43-21-11-13-23-49(43)62(51)41-19-9-4-10-20-41/h2-31,33-35,56H,1,32H2,(H,59,60,61). The maximum atomic E-state index is 6.67. The minimum atomic E-state index is -0.323. The van der Waals surface area contributed by atoms with E-state index in [9.17, 15) is 0 Å². The van der Waals surface area contributed by atoms with Crippen molar-refractivity contribution in [1.82, 2.24) is 14.5 Å². The molecule has 2 aliphatic rings. The lowest BCUT2D eigenvalue weighted by Crippen LogP contribution is -2.33. The van der Waals surface area contributed by atoms with Crippen LogP contribution in [0.4, 0.5) is 0 Å². The Kier molecular flexibility index (Phi) is 8.09. The number of nitrogens with one attached hydrogen (secondary N) is 1. The topological polar surface area (TPSA) is 59.8 Å². The van der Waals surface area contributed by atoms with Crippen molar-refractivity contribution in [2.24, 2.45) is 9.98 Å². The summed E-state index contributed by atoms with van der Waals surface area (Å²) in [4.78, 5) is 10.5. The highest BCUT2D eigenvalue weighted by atomic mass is 16.3. The first-order valence-corrected chi connectivity index (χ1v) is 21.7. The van der Waals surface area contributed by atoms with Crippen LogP contribution in [0.25, 0.3) is 82.7 Å². The molecule has 302 valence electrons. The van der Waals surface area contributed by atoms with Gasteiger partial charge in [-0.05, 0) is 95.1 Å². The van der Waals surface area contributed by atoms with E-state index in [2.05, 4.69) is 185 Å². The van der Waals surface area contributed by atoms with Crippen molar-refractivity contribution in [3.63, 3.8) is 0 Å². The molecule has 13 rings (SSSR count). The zero-order valence-electron chi connectivity index (χ0n) is 34.7. The number of rotatable bonds is 6. The molecule has 6 nitrogen and oxygen atoms in total. The Morgan fingerprint density at radius 2 is 1.09 bits per heavy atom. The summed E-state index contributed by atoms with van der Waals surface area (Å²) in [5, 5.41) is 9.50. The highest BCUT2D eigenvalue weighted by Gasteiger charge is 2.30. The predicted molar refractivity (Wildman–Crippen MR) is 264 cm³/mol. The molecule has 0 spiro atoms. The van der Waals surface area contributed by atoms with Gasteiger partial charge in [0, 0.05) is 61.4 Å². The van der Waals surface area contributed by atoms with Gasteiger partial charge in [0.15, 0.2) is 5.84 Å². The largest absolute Gasteiger partial charge is 0.460 e. The van der Waals surface area contributed by atoms with Crippen LogP contribution in [-0.2, 0) is 6.42 Å². The van der Waals surface area contributed by atoms with E-state index in [1.54, 1.807) is 0 Å².